The zero-order valence-corrected chi connectivity index (χ0v) is 10.4. The largest absolute Gasteiger partial charge is 0.399 e. The first kappa shape index (κ1) is 11.2. The van der Waals surface area contributed by atoms with Crippen molar-refractivity contribution in [2.75, 3.05) is 5.73 Å². The molecule has 0 fully saturated rings. The van der Waals surface area contributed by atoms with Crippen LogP contribution in [0.5, 0.6) is 0 Å². The molecule has 1 nitrogen and oxygen atoms in total. The molecule has 0 spiro atoms. The topological polar surface area (TPSA) is 26.0 Å². The molecule has 1 heterocycles. The Hall–Kier alpha value is -1.28. The van der Waals surface area contributed by atoms with Crippen molar-refractivity contribution in [2.45, 2.75) is 26.2 Å². The van der Waals surface area contributed by atoms with Gasteiger partial charge in [0.25, 0.3) is 0 Å². The van der Waals surface area contributed by atoms with Crippen molar-refractivity contribution in [1.29, 1.82) is 0 Å². The van der Waals surface area contributed by atoms with Crippen LogP contribution in [0.15, 0.2) is 35.7 Å². The third-order valence-corrected chi connectivity index (χ3v) is 3.73. The van der Waals surface area contributed by atoms with Gasteiger partial charge in [-0.15, -0.1) is 11.3 Å². The highest BCUT2D eigenvalue weighted by molar-refractivity contribution is 7.13. The first-order valence-electron chi connectivity index (χ1n) is 5.73. The average Bonchev–Trinajstić information content (AvgIpc) is 2.75. The number of nitrogen functional groups attached to an aromatic ring is 1. The summed E-state index contributed by atoms with van der Waals surface area (Å²) in [4.78, 5) is 1.40. The standard InChI is InChI=1S/C14H17NS/c1-2-3-4-11-9-10-16-14(11)12-5-7-13(15)8-6-12/h5-10H,2-4,15H2,1H3. The monoisotopic (exact) mass is 231 g/mol. The zero-order chi connectivity index (χ0) is 11.4. The van der Waals surface area contributed by atoms with E-state index in [1.165, 1.54) is 35.3 Å². The van der Waals surface area contributed by atoms with Crippen LogP contribution >= 0.6 is 11.3 Å². The van der Waals surface area contributed by atoms with Crippen LogP contribution in [0.1, 0.15) is 25.3 Å². The number of anilines is 1. The van der Waals surface area contributed by atoms with E-state index in [-0.39, 0.29) is 0 Å². The zero-order valence-electron chi connectivity index (χ0n) is 9.57. The van der Waals surface area contributed by atoms with E-state index in [2.05, 4.69) is 30.5 Å². The van der Waals surface area contributed by atoms with Crippen LogP contribution in [-0.2, 0) is 6.42 Å². The molecule has 0 radical (unpaired) electrons. The van der Waals surface area contributed by atoms with Gasteiger partial charge in [0.1, 0.15) is 0 Å². The normalized spacial score (nSPS) is 10.6. The van der Waals surface area contributed by atoms with E-state index in [9.17, 15) is 0 Å². The predicted molar refractivity (Wildman–Crippen MR) is 72.8 cm³/mol. The Morgan fingerprint density at radius 2 is 1.88 bits per heavy atom. The molecule has 0 aliphatic carbocycles. The summed E-state index contributed by atoms with van der Waals surface area (Å²) in [6.07, 6.45) is 3.69. The summed E-state index contributed by atoms with van der Waals surface area (Å²) in [5, 5.41) is 2.18. The van der Waals surface area contributed by atoms with Gasteiger partial charge < -0.3 is 5.73 Å². The van der Waals surface area contributed by atoms with Crippen LogP contribution in [-0.4, -0.2) is 0 Å². The van der Waals surface area contributed by atoms with Crippen molar-refractivity contribution >= 4 is 17.0 Å². The highest BCUT2D eigenvalue weighted by atomic mass is 32.1. The van der Waals surface area contributed by atoms with E-state index in [1.54, 1.807) is 0 Å². The fraction of sp³-hybridized carbons (Fsp3) is 0.286. The number of benzene rings is 1. The number of thiophene rings is 1. The maximum absolute atomic E-state index is 5.70. The van der Waals surface area contributed by atoms with Crippen LogP contribution in [0, 0.1) is 0 Å². The molecule has 1 aromatic heterocycles. The molecule has 0 amide bonds. The molecule has 0 aliphatic heterocycles. The van der Waals surface area contributed by atoms with Crippen molar-refractivity contribution in [1.82, 2.24) is 0 Å². The molecule has 0 atom stereocenters. The number of unbranched alkanes of at least 4 members (excludes halogenated alkanes) is 1. The molecule has 2 heteroatoms. The Bertz CT molecular complexity index is 442. The van der Waals surface area contributed by atoms with Gasteiger partial charge in [-0.2, -0.15) is 0 Å². The Morgan fingerprint density at radius 1 is 1.12 bits per heavy atom. The van der Waals surface area contributed by atoms with E-state index in [1.807, 2.05) is 23.5 Å². The molecule has 16 heavy (non-hydrogen) atoms. The summed E-state index contributed by atoms with van der Waals surface area (Å²) in [6, 6.07) is 10.4. The molecule has 2 N–H and O–H groups in total. The van der Waals surface area contributed by atoms with Gasteiger partial charge in [-0.25, -0.2) is 0 Å². The molecule has 84 valence electrons. The maximum atomic E-state index is 5.70. The first-order chi connectivity index (χ1) is 7.81. The first-order valence-corrected chi connectivity index (χ1v) is 6.61. The van der Waals surface area contributed by atoms with Crippen LogP contribution < -0.4 is 5.73 Å². The van der Waals surface area contributed by atoms with Gasteiger partial charge in [0.2, 0.25) is 0 Å². The Labute approximate surface area is 101 Å². The van der Waals surface area contributed by atoms with Gasteiger partial charge in [0.05, 0.1) is 0 Å². The lowest BCUT2D eigenvalue weighted by Crippen LogP contribution is -1.86. The average molecular weight is 231 g/mol. The van der Waals surface area contributed by atoms with Crippen LogP contribution in [0.4, 0.5) is 5.69 Å². The van der Waals surface area contributed by atoms with Crippen LogP contribution in [0.25, 0.3) is 10.4 Å². The minimum Gasteiger partial charge on any atom is -0.399 e. The fourth-order valence-corrected chi connectivity index (χ4v) is 2.75. The fourth-order valence-electron chi connectivity index (χ4n) is 1.79. The molecule has 0 saturated carbocycles. The second-order valence-corrected chi connectivity index (χ2v) is 4.92. The summed E-state index contributed by atoms with van der Waals surface area (Å²) in [6.45, 7) is 2.23. The number of hydrogen-bond donors (Lipinski definition) is 1. The number of nitrogens with two attached hydrogens (primary N) is 1. The van der Waals surface area contributed by atoms with E-state index in [4.69, 9.17) is 5.73 Å². The molecular weight excluding hydrogens is 214 g/mol. The quantitative estimate of drug-likeness (QED) is 0.778. The van der Waals surface area contributed by atoms with Gasteiger partial charge >= 0.3 is 0 Å². The summed E-state index contributed by atoms with van der Waals surface area (Å²) in [5.41, 5.74) is 9.29. The summed E-state index contributed by atoms with van der Waals surface area (Å²) < 4.78 is 0. The molecule has 0 unspecified atom stereocenters. The lowest BCUT2D eigenvalue weighted by Gasteiger charge is -2.03. The Kier molecular flexibility index (Phi) is 3.62. The molecular formula is C14H17NS. The van der Waals surface area contributed by atoms with E-state index in [0.29, 0.717) is 0 Å². The maximum Gasteiger partial charge on any atom is 0.0374 e. The second kappa shape index (κ2) is 5.17. The van der Waals surface area contributed by atoms with Crippen molar-refractivity contribution in [2.24, 2.45) is 0 Å². The smallest absolute Gasteiger partial charge is 0.0374 e. The van der Waals surface area contributed by atoms with Crippen LogP contribution in [0.2, 0.25) is 0 Å². The lowest BCUT2D eigenvalue weighted by molar-refractivity contribution is 0.798. The molecule has 1 aromatic carbocycles. The third kappa shape index (κ3) is 2.45. The van der Waals surface area contributed by atoms with Crippen molar-refractivity contribution in [3.05, 3.63) is 41.3 Å². The minimum atomic E-state index is 0.829. The van der Waals surface area contributed by atoms with Crippen molar-refractivity contribution in [3.8, 4) is 10.4 Å². The van der Waals surface area contributed by atoms with Crippen molar-refractivity contribution < 1.29 is 0 Å². The van der Waals surface area contributed by atoms with Crippen LogP contribution in [0.3, 0.4) is 0 Å². The van der Waals surface area contributed by atoms with Gasteiger partial charge in [-0.1, -0.05) is 25.5 Å². The SMILES string of the molecule is CCCCc1ccsc1-c1ccc(N)cc1. The van der Waals surface area contributed by atoms with Crippen molar-refractivity contribution in [3.63, 3.8) is 0 Å². The van der Waals surface area contributed by atoms with E-state index < -0.39 is 0 Å². The van der Waals surface area contributed by atoms with Gasteiger partial charge in [-0.3, -0.25) is 0 Å². The predicted octanol–water partition coefficient (Wildman–Crippen LogP) is 4.34. The molecule has 2 aromatic rings. The number of hydrogen-bond acceptors (Lipinski definition) is 2. The molecule has 0 bridgehead atoms. The number of rotatable bonds is 4. The van der Waals surface area contributed by atoms with Gasteiger partial charge in [-0.05, 0) is 47.5 Å². The summed E-state index contributed by atoms with van der Waals surface area (Å²) in [7, 11) is 0. The highest BCUT2D eigenvalue weighted by Crippen LogP contribution is 2.31. The summed E-state index contributed by atoms with van der Waals surface area (Å²) >= 11 is 1.82. The Morgan fingerprint density at radius 3 is 2.56 bits per heavy atom. The molecule has 0 aliphatic rings. The lowest BCUT2D eigenvalue weighted by atomic mass is 10.1. The van der Waals surface area contributed by atoms with Gasteiger partial charge in [0, 0.05) is 10.6 Å². The number of aryl methyl sites for hydroxylation is 1. The summed E-state index contributed by atoms with van der Waals surface area (Å²) in [5.74, 6) is 0. The third-order valence-electron chi connectivity index (χ3n) is 2.72. The van der Waals surface area contributed by atoms with E-state index in [0.717, 1.165) is 5.69 Å². The van der Waals surface area contributed by atoms with Gasteiger partial charge in [0.15, 0.2) is 0 Å². The molecule has 2 rings (SSSR count). The van der Waals surface area contributed by atoms with E-state index >= 15 is 0 Å². The molecule has 0 saturated heterocycles. The minimum absolute atomic E-state index is 0.829. The second-order valence-electron chi connectivity index (χ2n) is 4.00. The Balaban J connectivity index is 2.26. The highest BCUT2D eigenvalue weighted by Gasteiger charge is 2.05.